The standard InChI is InChI=1S/C12H20ClNS/c1-4-9(3)8-10(14-5-2)11-6-7-12(13)15-11/h6-7,9-10,14H,4-5,8H2,1-3H3. The third-order valence-electron chi connectivity index (χ3n) is 2.72. The Morgan fingerprint density at radius 1 is 1.40 bits per heavy atom. The van der Waals surface area contributed by atoms with E-state index in [4.69, 9.17) is 11.6 Å². The van der Waals surface area contributed by atoms with Crippen molar-refractivity contribution in [3.63, 3.8) is 0 Å². The van der Waals surface area contributed by atoms with E-state index in [1.165, 1.54) is 17.7 Å². The Kier molecular flexibility index (Phi) is 5.65. The van der Waals surface area contributed by atoms with Crippen LogP contribution in [0.1, 0.15) is 44.5 Å². The second-order valence-corrected chi connectivity index (χ2v) is 5.75. The fourth-order valence-corrected chi connectivity index (χ4v) is 2.78. The van der Waals surface area contributed by atoms with Gasteiger partial charge in [0, 0.05) is 10.9 Å². The van der Waals surface area contributed by atoms with Crippen LogP contribution < -0.4 is 5.32 Å². The zero-order valence-electron chi connectivity index (χ0n) is 9.72. The maximum absolute atomic E-state index is 5.97. The Hall–Kier alpha value is -0.0500. The van der Waals surface area contributed by atoms with Gasteiger partial charge in [0.05, 0.1) is 4.34 Å². The molecule has 0 aromatic carbocycles. The molecule has 0 spiro atoms. The lowest BCUT2D eigenvalue weighted by atomic mass is 9.98. The molecule has 0 saturated heterocycles. The molecule has 15 heavy (non-hydrogen) atoms. The van der Waals surface area contributed by atoms with Crippen LogP contribution in [0.3, 0.4) is 0 Å². The molecule has 1 N–H and O–H groups in total. The van der Waals surface area contributed by atoms with E-state index in [0.29, 0.717) is 6.04 Å². The van der Waals surface area contributed by atoms with Gasteiger partial charge < -0.3 is 5.32 Å². The molecule has 86 valence electrons. The Morgan fingerprint density at radius 2 is 2.13 bits per heavy atom. The number of halogens is 1. The van der Waals surface area contributed by atoms with E-state index in [-0.39, 0.29) is 0 Å². The highest BCUT2D eigenvalue weighted by molar-refractivity contribution is 7.16. The average Bonchev–Trinajstić information content (AvgIpc) is 2.64. The normalized spacial score (nSPS) is 15.2. The third-order valence-corrected chi connectivity index (χ3v) is 4.07. The van der Waals surface area contributed by atoms with Crippen molar-refractivity contribution in [1.29, 1.82) is 0 Å². The van der Waals surface area contributed by atoms with Gasteiger partial charge in [-0.1, -0.05) is 38.8 Å². The summed E-state index contributed by atoms with van der Waals surface area (Å²) in [6, 6.07) is 4.60. The van der Waals surface area contributed by atoms with E-state index in [0.717, 1.165) is 16.8 Å². The van der Waals surface area contributed by atoms with Crippen LogP contribution in [-0.4, -0.2) is 6.54 Å². The van der Waals surface area contributed by atoms with Crippen molar-refractivity contribution in [3.05, 3.63) is 21.3 Å². The first kappa shape index (κ1) is 13.0. The van der Waals surface area contributed by atoms with Crippen molar-refractivity contribution in [1.82, 2.24) is 5.32 Å². The fourth-order valence-electron chi connectivity index (χ4n) is 1.63. The lowest BCUT2D eigenvalue weighted by Gasteiger charge is -2.19. The largest absolute Gasteiger partial charge is 0.310 e. The van der Waals surface area contributed by atoms with Crippen LogP contribution in [0.25, 0.3) is 0 Å². The van der Waals surface area contributed by atoms with E-state index in [1.54, 1.807) is 11.3 Å². The number of hydrogen-bond donors (Lipinski definition) is 1. The molecule has 0 aliphatic carbocycles. The van der Waals surface area contributed by atoms with Crippen LogP contribution in [0.4, 0.5) is 0 Å². The Balaban J connectivity index is 2.65. The number of hydrogen-bond acceptors (Lipinski definition) is 2. The SMILES string of the molecule is CCNC(CC(C)CC)c1ccc(Cl)s1. The minimum atomic E-state index is 0.474. The molecule has 0 radical (unpaired) electrons. The molecular weight excluding hydrogens is 226 g/mol. The first-order valence-electron chi connectivity index (χ1n) is 5.66. The Bertz CT molecular complexity index is 285. The maximum Gasteiger partial charge on any atom is 0.0931 e. The second kappa shape index (κ2) is 6.51. The molecule has 0 aliphatic heterocycles. The van der Waals surface area contributed by atoms with Gasteiger partial charge in [-0.3, -0.25) is 0 Å². The fraction of sp³-hybridized carbons (Fsp3) is 0.667. The van der Waals surface area contributed by atoms with Gasteiger partial charge in [0.2, 0.25) is 0 Å². The smallest absolute Gasteiger partial charge is 0.0931 e. The van der Waals surface area contributed by atoms with Crippen LogP contribution in [0.2, 0.25) is 4.34 Å². The summed E-state index contributed by atoms with van der Waals surface area (Å²) in [7, 11) is 0. The molecule has 0 aliphatic rings. The summed E-state index contributed by atoms with van der Waals surface area (Å²) in [6.45, 7) is 7.71. The lowest BCUT2D eigenvalue weighted by molar-refractivity contribution is 0.412. The first-order valence-corrected chi connectivity index (χ1v) is 6.85. The van der Waals surface area contributed by atoms with Crippen molar-refractivity contribution in [3.8, 4) is 0 Å². The average molecular weight is 246 g/mol. The van der Waals surface area contributed by atoms with Gasteiger partial charge in [-0.15, -0.1) is 11.3 Å². The summed E-state index contributed by atoms with van der Waals surface area (Å²) in [5, 5.41) is 3.53. The highest BCUT2D eigenvalue weighted by Crippen LogP contribution is 2.31. The lowest BCUT2D eigenvalue weighted by Crippen LogP contribution is -2.21. The van der Waals surface area contributed by atoms with Gasteiger partial charge in [0.15, 0.2) is 0 Å². The van der Waals surface area contributed by atoms with Gasteiger partial charge in [-0.2, -0.15) is 0 Å². The molecule has 0 amide bonds. The first-order chi connectivity index (χ1) is 7.17. The van der Waals surface area contributed by atoms with Gasteiger partial charge in [-0.05, 0) is 31.0 Å². The minimum absolute atomic E-state index is 0.474. The van der Waals surface area contributed by atoms with Gasteiger partial charge in [-0.25, -0.2) is 0 Å². The molecule has 0 saturated carbocycles. The van der Waals surface area contributed by atoms with E-state index >= 15 is 0 Å². The van der Waals surface area contributed by atoms with Crippen LogP contribution >= 0.6 is 22.9 Å². The highest BCUT2D eigenvalue weighted by atomic mass is 35.5. The summed E-state index contributed by atoms with van der Waals surface area (Å²) in [5.74, 6) is 0.759. The van der Waals surface area contributed by atoms with E-state index in [1.807, 2.05) is 6.07 Å². The predicted octanol–water partition coefficient (Wildman–Crippen LogP) is 4.49. The molecule has 1 aromatic rings. The quantitative estimate of drug-likeness (QED) is 0.779. The summed E-state index contributed by atoms with van der Waals surface area (Å²) in [6.07, 6.45) is 2.43. The van der Waals surface area contributed by atoms with Gasteiger partial charge in [0.1, 0.15) is 0 Å². The minimum Gasteiger partial charge on any atom is -0.310 e. The van der Waals surface area contributed by atoms with Crippen LogP contribution in [0, 0.1) is 5.92 Å². The predicted molar refractivity (Wildman–Crippen MR) is 69.8 cm³/mol. The second-order valence-electron chi connectivity index (χ2n) is 4.00. The summed E-state index contributed by atoms with van der Waals surface area (Å²) in [5.41, 5.74) is 0. The monoisotopic (exact) mass is 245 g/mol. The maximum atomic E-state index is 5.97. The molecule has 2 atom stereocenters. The van der Waals surface area contributed by atoms with Crippen molar-refractivity contribution >= 4 is 22.9 Å². The van der Waals surface area contributed by atoms with Gasteiger partial charge >= 0.3 is 0 Å². The summed E-state index contributed by atoms with van der Waals surface area (Å²) < 4.78 is 0.886. The zero-order valence-corrected chi connectivity index (χ0v) is 11.3. The Morgan fingerprint density at radius 3 is 2.60 bits per heavy atom. The van der Waals surface area contributed by atoms with Crippen molar-refractivity contribution in [2.24, 2.45) is 5.92 Å². The number of nitrogens with one attached hydrogen (secondary N) is 1. The molecule has 1 aromatic heterocycles. The molecule has 1 nitrogen and oxygen atoms in total. The van der Waals surface area contributed by atoms with E-state index in [9.17, 15) is 0 Å². The van der Waals surface area contributed by atoms with Crippen molar-refractivity contribution in [2.75, 3.05) is 6.54 Å². The summed E-state index contributed by atoms with van der Waals surface area (Å²) in [4.78, 5) is 1.36. The molecule has 2 unspecified atom stereocenters. The third kappa shape index (κ3) is 4.13. The van der Waals surface area contributed by atoms with Crippen LogP contribution in [0.15, 0.2) is 12.1 Å². The molecule has 3 heteroatoms. The van der Waals surface area contributed by atoms with Gasteiger partial charge in [0.25, 0.3) is 0 Å². The van der Waals surface area contributed by atoms with Crippen molar-refractivity contribution < 1.29 is 0 Å². The highest BCUT2D eigenvalue weighted by Gasteiger charge is 2.15. The molecule has 1 heterocycles. The molecule has 0 bridgehead atoms. The van der Waals surface area contributed by atoms with Crippen LogP contribution in [-0.2, 0) is 0 Å². The number of thiophene rings is 1. The topological polar surface area (TPSA) is 12.0 Å². The van der Waals surface area contributed by atoms with E-state index in [2.05, 4.69) is 32.2 Å². The molecular formula is C12H20ClNS. The van der Waals surface area contributed by atoms with E-state index < -0.39 is 0 Å². The Labute approximate surface area is 102 Å². The number of rotatable bonds is 6. The zero-order chi connectivity index (χ0) is 11.3. The molecule has 0 fully saturated rings. The summed E-state index contributed by atoms with van der Waals surface area (Å²) >= 11 is 7.66. The molecule has 1 rings (SSSR count). The van der Waals surface area contributed by atoms with Crippen molar-refractivity contribution in [2.45, 2.75) is 39.7 Å². The van der Waals surface area contributed by atoms with Crippen LogP contribution in [0.5, 0.6) is 0 Å².